The molecule has 0 aromatic heterocycles. The molecule has 1 rings (SSSR count). The monoisotopic (exact) mass is 249 g/mol. The highest BCUT2D eigenvalue weighted by molar-refractivity contribution is 5.93. The summed E-state index contributed by atoms with van der Waals surface area (Å²) in [6, 6.07) is 7.14. The van der Waals surface area contributed by atoms with E-state index in [0.29, 0.717) is 5.75 Å². The predicted molar refractivity (Wildman–Crippen MR) is 70.9 cm³/mol. The zero-order valence-corrected chi connectivity index (χ0v) is 11.2. The molecule has 4 heteroatoms. The number of ether oxygens (including phenoxy) is 2. The van der Waals surface area contributed by atoms with E-state index in [-0.39, 0.29) is 5.78 Å². The van der Waals surface area contributed by atoms with Crippen molar-refractivity contribution in [1.82, 2.24) is 4.90 Å². The van der Waals surface area contributed by atoms with Crippen molar-refractivity contribution < 1.29 is 14.3 Å². The van der Waals surface area contributed by atoms with Gasteiger partial charge in [-0.2, -0.15) is 0 Å². The van der Waals surface area contributed by atoms with Crippen molar-refractivity contribution in [2.24, 2.45) is 0 Å². The summed E-state index contributed by atoms with van der Waals surface area (Å²) in [7, 11) is 5.33. The molecule has 0 radical (unpaired) electrons. The van der Waals surface area contributed by atoms with Gasteiger partial charge in [0.2, 0.25) is 0 Å². The third-order valence-corrected chi connectivity index (χ3v) is 2.31. The molecule has 0 saturated carbocycles. The fourth-order valence-electron chi connectivity index (χ4n) is 1.27. The molecule has 1 atom stereocenters. The second kappa shape index (κ2) is 6.69. The zero-order chi connectivity index (χ0) is 13.5. The lowest BCUT2D eigenvalue weighted by atomic mass is 10.2. The topological polar surface area (TPSA) is 38.8 Å². The summed E-state index contributed by atoms with van der Waals surface area (Å²) in [4.78, 5) is 13.5. The molecule has 0 amide bonds. The van der Waals surface area contributed by atoms with Gasteiger partial charge in [0.1, 0.15) is 11.5 Å². The van der Waals surface area contributed by atoms with Crippen LogP contribution in [0.25, 0.3) is 0 Å². The van der Waals surface area contributed by atoms with Crippen LogP contribution >= 0.6 is 0 Å². The summed E-state index contributed by atoms with van der Waals surface area (Å²) in [5.41, 5.74) is 0. The molecule has 0 aliphatic heterocycles. The Morgan fingerprint density at radius 2 is 1.78 bits per heavy atom. The minimum absolute atomic E-state index is 0.0699. The Kier molecular flexibility index (Phi) is 5.24. The van der Waals surface area contributed by atoms with Crippen LogP contribution in [0.4, 0.5) is 0 Å². The van der Waals surface area contributed by atoms with Crippen LogP contribution in [-0.2, 0) is 4.79 Å². The van der Waals surface area contributed by atoms with E-state index in [1.807, 2.05) is 14.1 Å². The highest BCUT2D eigenvalue weighted by Gasteiger charge is 2.11. The molecular formula is C14H19NO3. The van der Waals surface area contributed by atoms with Crippen molar-refractivity contribution >= 4 is 5.78 Å². The van der Waals surface area contributed by atoms with Crippen molar-refractivity contribution in [1.29, 1.82) is 0 Å². The number of hydrogen-bond donors (Lipinski definition) is 0. The van der Waals surface area contributed by atoms with Crippen molar-refractivity contribution in [2.75, 3.05) is 21.2 Å². The maximum atomic E-state index is 11.7. The van der Waals surface area contributed by atoms with Crippen molar-refractivity contribution in [3.8, 4) is 11.5 Å². The molecule has 0 spiro atoms. The SMILES string of the molecule is COc1ccc(O[C@H](C)C(=O)/C=C/N(C)C)cc1. The lowest BCUT2D eigenvalue weighted by Crippen LogP contribution is -2.22. The van der Waals surface area contributed by atoms with E-state index in [1.54, 1.807) is 49.4 Å². The summed E-state index contributed by atoms with van der Waals surface area (Å²) in [5, 5.41) is 0. The maximum Gasteiger partial charge on any atom is 0.197 e. The molecule has 0 heterocycles. The molecular weight excluding hydrogens is 230 g/mol. The Hall–Kier alpha value is -1.97. The smallest absolute Gasteiger partial charge is 0.197 e. The van der Waals surface area contributed by atoms with Gasteiger partial charge in [-0.3, -0.25) is 4.79 Å². The largest absolute Gasteiger partial charge is 0.497 e. The zero-order valence-electron chi connectivity index (χ0n) is 11.2. The number of methoxy groups -OCH3 is 1. The van der Waals surface area contributed by atoms with Gasteiger partial charge in [0.15, 0.2) is 11.9 Å². The number of ketones is 1. The van der Waals surface area contributed by atoms with Gasteiger partial charge in [0.25, 0.3) is 0 Å². The van der Waals surface area contributed by atoms with Crippen molar-refractivity contribution in [3.63, 3.8) is 0 Å². The van der Waals surface area contributed by atoms with E-state index in [4.69, 9.17) is 9.47 Å². The third-order valence-electron chi connectivity index (χ3n) is 2.31. The van der Waals surface area contributed by atoms with Crippen LogP contribution in [0.5, 0.6) is 11.5 Å². The molecule has 1 aromatic rings. The van der Waals surface area contributed by atoms with Crippen LogP contribution in [0.1, 0.15) is 6.92 Å². The van der Waals surface area contributed by atoms with E-state index in [0.717, 1.165) is 5.75 Å². The van der Waals surface area contributed by atoms with E-state index in [1.165, 1.54) is 6.08 Å². The Balaban J connectivity index is 2.57. The number of benzene rings is 1. The highest BCUT2D eigenvalue weighted by Crippen LogP contribution is 2.18. The average Bonchev–Trinajstić information content (AvgIpc) is 2.36. The average molecular weight is 249 g/mol. The van der Waals surface area contributed by atoms with Gasteiger partial charge in [-0.15, -0.1) is 0 Å². The fraction of sp³-hybridized carbons (Fsp3) is 0.357. The Morgan fingerprint density at radius 1 is 1.22 bits per heavy atom. The van der Waals surface area contributed by atoms with Crippen LogP contribution in [0, 0.1) is 0 Å². The lowest BCUT2D eigenvalue weighted by Gasteiger charge is -2.12. The van der Waals surface area contributed by atoms with Crippen LogP contribution < -0.4 is 9.47 Å². The normalized spacial score (nSPS) is 12.2. The minimum Gasteiger partial charge on any atom is -0.497 e. The number of carbonyl (C=O) groups is 1. The highest BCUT2D eigenvalue weighted by atomic mass is 16.5. The maximum absolute atomic E-state index is 11.7. The fourth-order valence-corrected chi connectivity index (χ4v) is 1.27. The quantitative estimate of drug-likeness (QED) is 0.724. The molecule has 0 bridgehead atoms. The molecule has 0 aliphatic rings. The van der Waals surface area contributed by atoms with E-state index >= 15 is 0 Å². The Labute approximate surface area is 108 Å². The second-order valence-electron chi connectivity index (χ2n) is 4.12. The molecule has 0 fully saturated rings. The number of carbonyl (C=O) groups excluding carboxylic acids is 1. The van der Waals surface area contributed by atoms with Gasteiger partial charge in [-0.05, 0) is 31.2 Å². The van der Waals surface area contributed by atoms with Gasteiger partial charge >= 0.3 is 0 Å². The van der Waals surface area contributed by atoms with Gasteiger partial charge in [-0.1, -0.05) is 0 Å². The Bertz CT molecular complexity index is 410. The summed E-state index contributed by atoms with van der Waals surface area (Å²) in [6.07, 6.45) is 2.71. The lowest BCUT2D eigenvalue weighted by molar-refractivity contribution is -0.120. The van der Waals surface area contributed by atoms with Gasteiger partial charge in [0, 0.05) is 26.4 Å². The molecule has 1 aromatic carbocycles. The number of nitrogens with zero attached hydrogens (tertiary/aromatic N) is 1. The molecule has 18 heavy (non-hydrogen) atoms. The van der Waals surface area contributed by atoms with Gasteiger partial charge in [-0.25, -0.2) is 0 Å². The first-order chi connectivity index (χ1) is 8.52. The van der Waals surface area contributed by atoms with E-state index in [9.17, 15) is 4.79 Å². The summed E-state index contributed by atoms with van der Waals surface area (Å²) in [5.74, 6) is 1.34. The Morgan fingerprint density at radius 3 is 2.28 bits per heavy atom. The van der Waals surface area contributed by atoms with Crippen LogP contribution in [0.3, 0.4) is 0 Å². The second-order valence-corrected chi connectivity index (χ2v) is 4.12. The summed E-state index contributed by atoms with van der Waals surface area (Å²) >= 11 is 0. The number of hydrogen-bond acceptors (Lipinski definition) is 4. The number of rotatable bonds is 6. The first-order valence-corrected chi connectivity index (χ1v) is 5.72. The standard InChI is InChI=1S/C14H19NO3/c1-11(14(16)9-10-15(2)3)18-13-7-5-12(17-4)6-8-13/h5-11H,1-4H3/b10-9+/t11-/m1/s1. The first-order valence-electron chi connectivity index (χ1n) is 5.72. The minimum atomic E-state index is -0.505. The first kappa shape index (κ1) is 14.1. The molecule has 0 N–H and O–H groups in total. The van der Waals surface area contributed by atoms with Crippen molar-refractivity contribution in [3.05, 3.63) is 36.5 Å². The van der Waals surface area contributed by atoms with Crippen LogP contribution in [0.2, 0.25) is 0 Å². The van der Waals surface area contributed by atoms with Gasteiger partial charge < -0.3 is 14.4 Å². The molecule has 98 valence electrons. The summed E-state index contributed by atoms with van der Waals surface area (Å²) < 4.78 is 10.6. The molecule has 0 unspecified atom stereocenters. The van der Waals surface area contributed by atoms with E-state index in [2.05, 4.69) is 0 Å². The summed E-state index contributed by atoms with van der Waals surface area (Å²) in [6.45, 7) is 1.73. The molecule has 4 nitrogen and oxygen atoms in total. The van der Waals surface area contributed by atoms with Crippen LogP contribution in [0.15, 0.2) is 36.5 Å². The third kappa shape index (κ3) is 4.49. The van der Waals surface area contributed by atoms with Crippen LogP contribution in [-0.4, -0.2) is 38.0 Å². The van der Waals surface area contributed by atoms with E-state index < -0.39 is 6.10 Å². The van der Waals surface area contributed by atoms with Crippen molar-refractivity contribution in [2.45, 2.75) is 13.0 Å². The molecule has 0 saturated heterocycles. The molecule has 0 aliphatic carbocycles. The van der Waals surface area contributed by atoms with Gasteiger partial charge in [0.05, 0.1) is 7.11 Å². The predicted octanol–water partition coefficient (Wildman–Crippen LogP) is 2.11.